The molecule has 0 aromatic heterocycles. The van der Waals surface area contributed by atoms with Gasteiger partial charge in [0.2, 0.25) is 0 Å². The van der Waals surface area contributed by atoms with Crippen LogP contribution in [0, 0.1) is 5.92 Å². The highest BCUT2D eigenvalue weighted by Crippen LogP contribution is 2.28. The zero-order chi connectivity index (χ0) is 14.4. The third kappa shape index (κ3) is 4.14. The Kier molecular flexibility index (Phi) is 5.72. The summed E-state index contributed by atoms with van der Waals surface area (Å²) in [6, 6.07) is 6.85. The van der Waals surface area contributed by atoms with Crippen molar-refractivity contribution in [3.8, 4) is 11.5 Å². The second kappa shape index (κ2) is 7.53. The third-order valence-electron chi connectivity index (χ3n) is 4.06. The molecule has 0 saturated heterocycles. The lowest BCUT2D eigenvalue weighted by Crippen LogP contribution is -2.33. The van der Waals surface area contributed by atoms with E-state index in [4.69, 9.17) is 9.47 Å². The van der Waals surface area contributed by atoms with E-state index in [1.54, 1.807) is 7.11 Å². The largest absolute Gasteiger partial charge is 0.493 e. The SMILES string of the molecule is CCOc1cc(CNC2CCCC(C)C2)ccc1OC. The standard InChI is InChI=1S/C17H27NO2/c1-4-20-17-11-14(8-9-16(17)19-3)12-18-15-7-5-6-13(2)10-15/h8-9,11,13,15,18H,4-7,10,12H2,1-3H3. The van der Waals surface area contributed by atoms with E-state index in [1.807, 2.05) is 13.0 Å². The molecule has 1 aliphatic carbocycles. The molecule has 1 N–H and O–H groups in total. The first-order chi connectivity index (χ1) is 9.72. The molecule has 3 heteroatoms. The molecule has 0 amide bonds. The Morgan fingerprint density at radius 3 is 2.80 bits per heavy atom. The van der Waals surface area contributed by atoms with Crippen LogP contribution in [0.25, 0.3) is 0 Å². The topological polar surface area (TPSA) is 30.5 Å². The van der Waals surface area contributed by atoms with Crippen LogP contribution in [-0.2, 0) is 6.54 Å². The van der Waals surface area contributed by atoms with Gasteiger partial charge in [-0.25, -0.2) is 0 Å². The van der Waals surface area contributed by atoms with Crippen molar-refractivity contribution < 1.29 is 9.47 Å². The van der Waals surface area contributed by atoms with E-state index in [0.717, 1.165) is 24.0 Å². The zero-order valence-corrected chi connectivity index (χ0v) is 12.9. The van der Waals surface area contributed by atoms with Crippen LogP contribution in [0.2, 0.25) is 0 Å². The minimum Gasteiger partial charge on any atom is -0.493 e. The van der Waals surface area contributed by atoms with Crippen LogP contribution >= 0.6 is 0 Å². The van der Waals surface area contributed by atoms with Crippen LogP contribution in [0.1, 0.15) is 45.1 Å². The minimum atomic E-state index is 0.660. The molecule has 1 aromatic rings. The van der Waals surface area contributed by atoms with Gasteiger partial charge in [-0.3, -0.25) is 0 Å². The molecular formula is C17H27NO2. The molecule has 2 atom stereocenters. The van der Waals surface area contributed by atoms with Gasteiger partial charge in [-0.05, 0) is 43.4 Å². The van der Waals surface area contributed by atoms with Crippen molar-refractivity contribution in [3.63, 3.8) is 0 Å². The highest BCUT2D eigenvalue weighted by atomic mass is 16.5. The molecule has 0 radical (unpaired) electrons. The van der Waals surface area contributed by atoms with Crippen LogP contribution in [0.3, 0.4) is 0 Å². The Morgan fingerprint density at radius 2 is 2.10 bits per heavy atom. The Labute approximate surface area is 122 Å². The Hall–Kier alpha value is -1.22. The normalized spacial score (nSPS) is 22.6. The van der Waals surface area contributed by atoms with Crippen LogP contribution in [-0.4, -0.2) is 19.8 Å². The van der Waals surface area contributed by atoms with E-state index in [0.29, 0.717) is 12.6 Å². The maximum Gasteiger partial charge on any atom is 0.161 e. The molecule has 1 fully saturated rings. The van der Waals surface area contributed by atoms with E-state index in [-0.39, 0.29) is 0 Å². The van der Waals surface area contributed by atoms with E-state index >= 15 is 0 Å². The molecule has 2 unspecified atom stereocenters. The number of hydrogen-bond acceptors (Lipinski definition) is 3. The summed E-state index contributed by atoms with van der Waals surface area (Å²) >= 11 is 0. The van der Waals surface area contributed by atoms with E-state index in [1.165, 1.54) is 31.2 Å². The number of hydrogen-bond donors (Lipinski definition) is 1. The number of benzene rings is 1. The molecule has 20 heavy (non-hydrogen) atoms. The smallest absolute Gasteiger partial charge is 0.161 e. The van der Waals surface area contributed by atoms with Gasteiger partial charge in [-0.2, -0.15) is 0 Å². The van der Waals surface area contributed by atoms with Gasteiger partial charge in [0.1, 0.15) is 0 Å². The predicted octanol–water partition coefficient (Wildman–Crippen LogP) is 3.76. The minimum absolute atomic E-state index is 0.660. The number of rotatable bonds is 6. The lowest BCUT2D eigenvalue weighted by atomic mass is 9.87. The molecule has 0 bridgehead atoms. The van der Waals surface area contributed by atoms with E-state index in [9.17, 15) is 0 Å². The van der Waals surface area contributed by atoms with Crippen molar-refractivity contribution in [1.82, 2.24) is 5.32 Å². The number of ether oxygens (including phenoxy) is 2. The maximum atomic E-state index is 5.62. The summed E-state index contributed by atoms with van der Waals surface area (Å²) < 4.78 is 10.9. The first-order valence-corrected chi connectivity index (χ1v) is 7.76. The van der Waals surface area contributed by atoms with Crippen molar-refractivity contribution in [3.05, 3.63) is 23.8 Å². The van der Waals surface area contributed by atoms with Gasteiger partial charge in [0.15, 0.2) is 11.5 Å². The second-order valence-electron chi connectivity index (χ2n) is 5.77. The summed E-state index contributed by atoms with van der Waals surface area (Å²) in [5.74, 6) is 2.50. The number of nitrogens with one attached hydrogen (secondary N) is 1. The zero-order valence-electron chi connectivity index (χ0n) is 12.9. The molecule has 3 nitrogen and oxygen atoms in total. The van der Waals surface area contributed by atoms with Crippen LogP contribution < -0.4 is 14.8 Å². The van der Waals surface area contributed by atoms with Crippen molar-refractivity contribution in [2.24, 2.45) is 5.92 Å². The fourth-order valence-electron chi connectivity index (χ4n) is 2.98. The summed E-state index contributed by atoms with van der Waals surface area (Å²) in [7, 11) is 1.68. The van der Waals surface area contributed by atoms with Gasteiger partial charge in [-0.15, -0.1) is 0 Å². The van der Waals surface area contributed by atoms with Crippen LogP contribution in [0.15, 0.2) is 18.2 Å². The summed E-state index contributed by atoms with van der Waals surface area (Å²) in [5, 5.41) is 3.68. The summed E-state index contributed by atoms with van der Waals surface area (Å²) in [6.07, 6.45) is 5.34. The molecule has 1 saturated carbocycles. The maximum absolute atomic E-state index is 5.62. The van der Waals surface area contributed by atoms with Crippen molar-refractivity contribution in [2.75, 3.05) is 13.7 Å². The summed E-state index contributed by atoms with van der Waals surface area (Å²) in [5.41, 5.74) is 1.26. The lowest BCUT2D eigenvalue weighted by molar-refractivity contribution is 0.299. The van der Waals surface area contributed by atoms with Gasteiger partial charge in [0.25, 0.3) is 0 Å². The summed E-state index contributed by atoms with van der Waals surface area (Å²) in [6.45, 7) is 5.91. The van der Waals surface area contributed by atoms with E-state index in [2.05, 4.69) is 24.4 Å². The fourth-order valence-corrected chi connectivity index (χ4v) is 2.98. The highest BCUT2D eigenvalue weighted by Gasteiger charge is 2.18. The van der Waals surface area contributed by atoms with E-state index < -0.39 is 0 Å². The average molecular weight is 277 g/mol. The molecule has 1 aromatic carbocycles. The van der Waals surface area contributed by atoms with Gasteiger partial charge in [0.05, 0.1) is 13.7 Å². The quantitative estimate of drug-likeness (QED) is 0.858. The third-order valence-corrected chi connectivity index (χ3v) is 4.06. The Balaban J connectivity index is 1.93. The highest BCUT2D eigenvalue weighted by molar-refractivity contribution is 5.42. The Morgan fingerprint density at radius 1 is 1.25 bits per heavy atom. The van der Waals surface area contributed by atoms with Crippen molar-refractivity contribution >= 4 is 0 Å². The van der Waals surface area contributed by atoms with Crippen molar-refractivity contribution in [2.45, 2.75) is 52.1 Å². The molecule has 1 aliphatic rings. The molecule has 0 heterocycles. The molecule has 0 spiro atoms. The first-order valence-electron chi connectivity index (χ1n) is 7.76. The fraction of sp³-hybridized carbons (Fsp3) is 0.647. The van der Waals surface area contributed by atoms with Gasteiger partial charge in [-0.1, -0.05) is 25.8 Å². The number of methoxy groups -OCH3 is 1. The van der Waals surface area contributed by atoms with Gasteiger partial charge in [0, 0.05) is 12.6 Å². The summed E-state index contributed by atoms with van der Waals surface area (Å²) in [4.78, 5) is 0. The molecule has 2 rings (SSSR count). The lowest BCUT2D eigenvalue weighted by Gasteiger charge is -2.27. The predicted molar refractivity (Wildman–Crippen MR) is 82.4 cm³/mol. The second-order valence-corrected chi connectivity index (χ2v) is 5.77. The Bertz CT molecular complexity index is 419. The van der Waals surface area contributed by atoms with Gasteiger partial charge < -0.3 is 14.8 Å². The van der Waals surface area contributed by atoms with Crippen LogP contribution in [0.4, 0.5) is 0 Å². The molecular weight excluding hydrogens is 250 g/mol. The molecule has 112 valence electrons. The average Bonchev–Trinajstić information content (AvgIpc) is 2.46. The molecule has 0 aliphatic heterocycles. The monoisotopic (exact) mass is 277 g/mol. The van der Waals surface area contributed by atoms with Crippen LogP contribution in [0.5, 0.6) is 11.5 Å². The van der Waals surface area contributed by atoms with Gasteiger partial charge >= 0.3 is 0 Å². The first kappa shape index (κ1) is 15.2. The van der Waals surface area contributed by atoms with Crippen molar-refractivity contribution in [1.29, 1.82) is 0 Å².